The van der Waals surface area contributed by atoms with Gasteiger partial charge in [0, 0.05) is 19.7 Å². The molecule has 5 heteroatoms. The normalized spacial score (nSPS) is 10.1. The highest BCUT2D eigenvalue weighted by Crippen LogP contribution is 2.14. The van der Waals surface area contributed by atoms with Crippen molar-refractivity contribution in [2.75, 3.05) is 23.4 Å². The van der Waals surface area contributed by atoms with Gasteiger partial charge in [-0.15, -0.1) is 0 Å². The first-order valence-corrected chi connectivity index (χ1v) is 5.79. The third-order valence-corrected chi connectivity index (χ3v) is 2.72. The van der Waals surface area contributed by atoms with Crippen LogP contribution < -0.4 is 16.4 Å². The second-order valence-corrected chi connectivity index (χ2v) is 4.03. The number of nitrogen functional groups attached to an aromatic ring is 1. The fraction of sp³-hybridized carbons (Fsp3) is 0.231. The largest absolute Gasteiger partial charge is 0.373 e. The average molecular weight is 243 g/mol. The molecular formula is C13H17N5. The smallest absolute Gasteiger partial charge is 0.223 e. The van der Waals surface area contributed by atoms with Gasteiger partial charge in [-0.25, -0.2) is 0 Å². The molecule has 4 N–H and O–H groups in total. The lowest BCUT2D eigenvalue weighted by Crippen LogP contribution is -2.07. The van der Waals surface area contributed by atoms with Crippen LogP contribution in [0.4, 0.5) is 17.6 Å². The Balaban J connectivity index is 2.11. The van der Waals surface area contributed by atoms with Gasteiger partial charge in [-0.2, -0.15) is 9.97 Å². The lowest BCUT2D eigenvalue weighted by Gasteiger charge is -2.09. The summed E-state index contributed by atoms with van der Waals surface area (Å²) in [7, 11) is 1.80. The zero-order valence-corrected chi connectivity index (χ0v) is 10.6. The molecule has 94 valence electrons. The van der Waals surface area contributed by atoms with Crippen LogP contribution in [0.2, 0.25) is 0 Å². The molecule has 0 fully saturated rings. The highest BCUT2D eigenvalue weighted by Gasteiger charge is 2.02. The molecule has 1 heterocycles. The Morgan fingerprint density at radius 3 is 2.61 bits per heavy atom. The summed E-state index contributed by atoms with van der Waals surface area (Å²) in [5.74, 6) is 1.68. The molecule has 1 aromatic heterocycles. The number of rotatable bonds is 4. The first-order chi connectivity index (χ1) is 8.69. The quantitative estimate of drug-likeness (QED) is 0.766. The van der Waals surface area contributed by atoms with Crippen LogP contribution in [0.3, 0.4) is 0 Å². The van der Waals surface area contributed by atoms with E-state index in [1.54, 1.807) is 7.05 Å². The number of aryl methyl sites for hydroxylation is 1. The van der Waals surface area contributed by atoms with Crippen molar-refractivity contribution in [3.8, 4) is 0 Å². The van der Waals surface area contributed by atoms with Crippen molar-refractivity contribution in [3.05, 3.63) is 41.5 Å². The molecule has 0 bridgehead atoms. The molecule has 0 saturated carbocycles. The van der Waals surface area contributed by atoms with Crippen molar-refractivity contribution in [1.82, 2.24) is 9.97 Å². The van der Waals surface area contributed by atoms with Crippen molar-refractivity contribution in [1.29, 1.82) is 0 Å². The zero-order chi connectivity index (χ0) is 13.0. The number of hydrogen-bond donors (Lipinski definition) is 3. The molecule has 0 radical (unpaired) electrons. The summed E-state index contributed by atoms with van der Waals surface area (Å²) < 4.78 is 0. The molecule has 18 heavy (non-hydrogen) atoms. The summed E-state index contributed by atoms with van der Waals surface area (Å²) in [6, 6.07) is 10.1. The first kappa shape index (κ1) is 12.2. The lowest BCUT2D eigenvalue weighted by atomic mass is 10.1. The van der Waals surface area contributed by atoms with E-state index in [2.05, 4.69) is 39.7 Å². The van der Waals surface area contributed by atoms with Crippen molar-refractivity contribution in [3.63, 3.8) is 0 Å². The van der Waals surface area contributed by atoms with Crippen LogP contribution in [0.15, 0.2) is 30.3 Å². The number of nitrogens with one attached hydrogen (secondary N) is 2. The Morgan fingerprint density at radius 2 is 1.89 bits per heavy atom. The molecule has 5 nitrogen and oxygen atoms in total. The van der Waals surface area contributed by atoms with Gasteiger partial charge in [-0.3, -0.25) is 0 Å². The predicted octanol–water partition coefficient (Wildman–Crippen LogP) is 2.02. The highest BCUT2D eigenvalue weighted by atomic mass is 15.1. The van der Waals surface area contributed by atoms with Gasteiger partial charge >= 0.3 is 0 Å². The molecule has 1 aromatic carbocycles. The van der Waals surface area contributed by atoms with Crippen LogP contribution in [0.5, 0.6) is 0 Å². The number of nitrogens with two attached hydrogens (primary N) is 1. The van der Waals surface area contributed by atoms with Crippen LogP contribution >= 0.6 is 0 Å². The third-order valence-electron chi connectivity index (χ3n) is 2.72. The van der Waals surface area contributed by atoms with Crippen molar-refractivity contribution < 1.29 is 0 Å². The Morgan fingerprint density at radius 1 is 1.17 bits per heavy atom. The van der Waals surface area contributed by atoms with E-state index in [0.29, 0.717) is 12.4 Å². The number of nitrogens with zero attached hydrogens (tertiary/aromatic N) is 2. The third kappa shape index (κ3) is 2.88. The number of benzene rings is 1. The summed E-state index contributed by atoms with van der Waals surface area (Å²) in [6.07, 6.45) is 0. The lowest BCUT2D eigenvalue weighted by molar-refractivity contribution is 1.07. The highest BCUT2D eigenvalue weighted by molar-refractivity contribution is 5.51. The molecule has 0 aliphatic heterocycles. The number of anilines is 3. The topological polar surface area (TPSA) is 75.9 Å². The molecule has 0 saturated heterocycles. The van der Waals surface area contributed by atoms with E-state index >= 15 is 0 Å². The van der Waals surface area contributed by atoms with Crippen LogP contribution in [0, 0.1) is 6.92 Å². The van der Waals surface area contributed by atoms with Gasteiger partial charge in [0.15, 0.2) is 0 Å². The predicted molar refractivity (Wildman–Crippen MR) is 74.5 cm³/mol. The molecule has 0 atom stereocenters. The molecule has 0 unspecified atom stereocenters. The summed E-state index contributed by atoms with van der Waals surface area (Å²) in [4.78, 5) is 8.18. The second-order valence-electron chi connectivity index (χ2n) is 4.03. The number of aromatic nitrogens is 2. The van der Waals surface area contributed by atoms with Crippen LogP contribution in [-0.2, 0) is 6.54 Å². The second kappa shape index (κ2) is 5.35. The summed E-state index contributed by atoms with van der Waals surface area (Å²) in [6.45, 7) is 2.80. The standard InChI is InChI=1S/C13H17N5/c1-9-5-3-4-6-10(9)8-16-12-7-11(15-2)17-13(14)18-12/h3-7H,8H2,1-2H3,(H4,14,15,16,17,18). The molecule has 2 aromatic rings. The van der Waals surface area contributed by atoms with E-state index in [-0.39, 0.29) is 5.95 Å². The van der Waals surface area contributed by atoms with Crippen molar-refractivity contribution in [2.24, 2.45) is 0 Å². The Labute approximate surface area is 106 Å². The molecule has 2 rings (SSSR count). The van der Waals surface area contributed by atoms with Gasteiger partial charge in [0.1, 0.15) is 11.6 Å². The van der Waals surface area contributed by atoms with E-state index in [1.807, 2.05) is 18.2 Å². The molecule has 0 aliphatic carbocycles. The minimum Gasteiger partial charge on any atom is -0.373 e. The average Bonchev–Trinajstić information content (AvgIpc) is 2.37. The van der Waals surface area contributed by atoms with Gasteiger partial charge in [-0.05, 0) is 18.1 Å². The fourth-order valence-electron chi connectivity index (χ4n) is 1.68. The Kier molecular flexibility index (Phi) is 3.62. The minimum atomic E-state index is 0.258. The minimum absolute atomic E-state index is 0.258. The van der Waals surface area contributed by atoms with E-state index in [4.69, 9.17) is 5.73 Å². The van der Waals surface area contributed by atoms with Gasteiger partial charge in [0.25, 0.3) is 0 Å². The molecular weight excluding hydrogens is 226 g/mol. The maximum absolute atomic E-state index is 5.63. The van der Waals surface area contributed by atoms with Crippen molar-refractivity contribution >= 4 is 17.6 Å². The van der Waals surface area contributed by atoms with E-state index in [9.17, 15) is 0 Å². The van der Waals surface area contributed by atoms with Gasteiger partial charge in [0.05, 0.1) is 0 Å². The SMILES string of the molecule is CNc1cc(NCc2ccccc2C)nc(N)n1. The fourth-order valence-corrected chi connectivity index (χ4v) is 1.68. The Bertz CT molecular complexity index is 539. The van der Waals surface area contributed by atoms with Crippen molar-refractivity contribution in [2.45, 2.75) is 13.5 Å². The molecule has 0 spiro atoms. The summed E-state index contributed by atoms with van der Waals surface area (Å²) in [5.41, 5.74) is 8.12. The first-order valence-electron chi connectivity index (χ1n) is 5.79. The van der Waals surface area contributed by atoms with E-state index < -0.39 is 0 Å². The molecule has 0 amide bonds. The summed E-state index contributed by atoms with van der Waals surface area (Å²) in [5, 5.41) is 6.19. The van der Waals surface area contributed by atoms with E-state index in [0.717, 1.165) is 5.82 Å². The monoisotopic (exact) mass is 243 g/mol. The number of hydrogen-bond acceptors (Lipinski definition) is 5. The van der Waals surface area contributed by atoms with Crippen LogP contribution in [-0.4, -0.2) is 17.0 Å². The van der Waals surface area contributed by atoms with Crippen LogP contribution in [0.25, 0.3) is 0 Å². The van der Waals surface area contributed by atoms with Gasteiger partial charge in [0.2, 0.25) is 5.95 Å². The van der Waals surface area contributed by atoms with Gasteiger partial charge in [-0.1, -0.05) is 24.3 Å². The maximum Gasteiger partial charge on any atom is 0.223 e. The zero-order valence-electron chi connectivity index (χ0n) is 10.6. The van der Waals surface area contributed by atoms with Gasteiger partial charge < -0.3 is 16.4 Å². The van der Waals surface area contributed by atoms with E-state index in [1.165, 1.54) is 11.1 Å². The Hall–Kier alpha value is -2.30. The van der Waals surface area contributed by atoms with Crippen LogP contribution in [0.1, 0.15) is 11.1 Å². The summed E-state index contributed by atoms with van der Waals surface area (Å²) >= 11 is 0. The maximum atomic E-state index is 5.63. The molecule has 0 aliphatic rings.